The monoisotopic (exact) mass is 1320 g/mol. The predicted molar refractivity (Wildman–Crippen MR) is 117 cm³/mol. The van der Waals surface area contributed by atoms with Crippen LogP contribution in [0.25, 0.3) is 0 Å². The van der Waals surface area contributed by atoms with E-state index in [2.05, 4.69) is 6.03 Å². The summed E-state index contributed by atoms with van der Waals surface area (Å²) in [6.07, 6.45) is 0. The van der Waals surface area contributed by atoms with Crippen LogP contribution < -0.4 is 39.9 Å². The van der Waals surface area contributed by atoms with E-state index < -0.39 is 126 Å². The Labute approximate surface area is 293 Å². The maximum absolute atomic E-state index is 10.2. The number of hydrogen-bond donors (Lipinski definition) is 0. The number of halogens is 6. The first-order valence-electron chi connectivity index (χ1n) is 8.34. The van der Waals surface area contributed by atoms with E-state index in [4.69, 9.17) is 39.2 Å². The molecule has 0 fully saturated rings. The van der Waals surface area contributed by atoms with Crippen LogP contribution >= 0.6 is 0 Å². The van der Waals surface area contributed by atoms with Crippen molar-refractivity contribution in [2.75, 3.05) is 0 Å². The van der Waals surface area contributed by atoms with Crippen LogP contribution in [0.1, 0.15) is 11.1 Å². The molecule has 0 heterocycles. The van der Waals surface area contributed by atoms with E-state index in [1.807, 2.05) is 13.8 Å². The molecular formula is C14H20F6O18Sb6-10. The Balaban J connectivity index is -0.0000000411. The average Bonchev–Trinajstić information content (AvgIpc) is 2.70. The Morgan fingerprint density at radius 1 is 0.386 bits per heavy atom. The van der Waals surface area contributed by atoms with E-state index in [9.17, 15) is 12.8 Å². The van der Waals surface area contributed by atoms with Crippen molar-refractivity contribution < 1.29 is 86.2 Å². The van der Waals surface area contributed by atoms with Gasteiger partial charge in [0.1, 0.15) is 0 Å². The Morgan fingerprint density at radius 2 is 0.523 bits per heavy atom. The van der Waals surface area contributed by atoms with Crippen molar-refractivity contribution in [3.05, 3.63) is 59.7 Å². The van der Waals surface area contributed by atoms with Crippen LogP contribution in [0.15, 0.2) is 48.5 Å². The van der Waals surface area contributed by atoms with Crippen LogP contribution in [0.4, 0.5) is 28.2 Å². The number of benzene rings is 2. The fraction of sp³-hybridized carbons (Fsp3) is 0.143. The molecule has 2 aromatic carbocycles. The second kappa shape index (κ2) is 48.3. The molecule has 0 N–H and O–H groups in total. The zero-order valence-corrected chi connectivity index (χ0v) is 36.4. The van der Waals surface area contributed by atoms with Crippen LogP contribution in [0.5, 0.6) is 11.5 Å². The number of aryl methyl sites for hydroxylation is 2. The Hall–Kier alpha value is 0.929. The molecule has 0 amide bonds. The second-order valence-electron chi connectivity index (χ2n) is 5.15. The summed E-state index contributed by atoms with van der Waals surface area (Å²) in [4.78, 5) is 0. The molecule has 2 rings (SSSR count). The Kier molecular flexibility index (Phi) is 78.1. The molecule has 6 radical (unpaired) electrons. The summed E-state index contributed by atoms with van der Waals surface area (Å²) in [6.45, 7) is 3.85. The van der Waals surface area contributed by atoms with Gasteiger partial charge in [-0.1, -0.05) is 0 Å². The molecular weight excluding hydrogens is 1300 g/mol. The van der Waals surface area contributed by atoms with Crippen molar-refractivity contribution in [1.82, 2.24) is 0 Å². The van der Waals surface area contributed by atoms with Gasteiger partial charge in [0.25, 0.3) is 0 Å². The van der Waals surface area contributed by atoms with Gasteiger partial charge in [0.15, 0.2) is 0 Å². The third kappa shape index (κ3) is 90.2. The van der Waals surface area contributed by atoms with Crippen molar-refractivity contribution >= 4 is 126 Å². The van der Waals surface area contributed by atoms with Gasteiger partial charge in [-0.2, -0.15) is 0 Å². The summed E-state index contributed by atoms with van der Waals surface area (Å²) in [5.74, 6) is 0.812. The zero-order valence-electron chi connectivity index (χ0n) is 21.1. The normalized spacial score (nSPS) is 7.00. The van der Waals surface area contributed by atoms with Crippen molar-refractivity contribution in [2.45, 2.75) is 13.8 Å². The first-order chi connectivity index (χ1) is 17.3. The van der Waals surface area contributed by atoms with E-state index >= 15 is 0 Å². The van der Waals surface area contributed by atoms with Gasteiger partial charge in [0, 0.05) is 0 Å². The van der Waals surface area contributed by atoms with Gasteiger partial charge in [0.2, 0.25) is 0 Å². The predicted octanol–water partition coefficient (Wildman–Crippen LogP) is -10.3. The molecule has 30 heteroatoms. The quantitative estimate of drug-likeness (QED) is 0.203. The van der Waals surface area contributed by atoms with E-state index in [1.54, 1.807) is 48.5 Å². The van der Waals surface area contributed by atoms with Crippen LogP contribution in [0.2, 0.25) is 0 Å². The van der Waals surface area contributed by atoms with Crippen LogP contribution in [0, 0.1) is 13.8 Å². The van der Waals surface area contributed by atoms with E-state index in [0.29, 0.717) is 11.5 Å². The Bertz CT molecular complexity index is 903. The summed E-state index contributed by atoms with van der Waals surface area (Å²) in [5.41, 5.74) is 2.16. The molecule has 0 bridgehead atoms. The third-order valence-corrected chi connectivity index (χ3v) is 4.46. The van der Waals surface area contributed by atoms with Crippen LogP contribution in [0.3, 0.4) is 0 Å². The molecule has 0 saturated heterocycles. The van der Waals surface area contributed by atoms with Crippen LogP contribution in [-0.4, -0.2) is 126 Å². The molecule has 0 saturated carbocycles. The van der Waals surface area contributed by atoms with Gasteiger partial charge >= 0.3 is 269 Å². The van der Waals surface area contributed by atoms with Gasteiger partial charge in [0.05, 0.1) is 0 Å². The van der Waals surface area contributed by atoms with Crippen molar-refractivity contribution in [3.63, 3.8) is 0 Å². The minimum atomic E-state index is -4.20. The number of hydrogen-bond acceptors (Lipinski definition) is 18. The van der Waals surface area contributed by atoms with E-state index in [0.717, 1.165) is 11.1 Å². The van der Waals surface area contributed by atoms with Crippen molar-refractivity contribution in [3.8, 4) is 11.5 Å². The molecule has 0 unspecified atom stereocenters. The molecule has 266 valence electrons. The Morgan fingerprint density at radius 3 is 0.636 bits per heavy atom. The molecule has 2 aromatic rings. The van der Waals surface area contributed by atoms with Gasteiger partial charge in [-0.15, -0.1) is 0 Å². The van der Waals surface area contributed by atoms with Crippen molar-refractivity contribution in [1.29, 1.82) is 0 Å². The maximum atomic E-state index is 10.2. The molecule has 18 nitrogen and oxygen atoms in total. The average molecular weight is 1320 g/mol. The summed E-state index contributed by atoms with van der Waals surface area (Å²) < 4.78 is 153. The molecule has 0 atom stereocenters. The summed E-state index contributed by atoms with van der Waals surface area (Å²) in [6, 6.07) is 13.8. The molecule has 0 aliphatic carbocycles. The van der Waals surface area contributed by atoms with Gasteiger partial charge < -0.3 is 0 Å². The van der Waals surface area contributed by atoms with Gasteiger partial charge in [-0.05, 0) is 0 Å². The first kappa shape index (κ1) is 71.1. The summed E-state index contributed by atoms with van der Waals surface area (Å²) >= 11 is -24.4. The minimum absolute atomic E-state index is 0. The third-order valence-electron chi connectivity index (χ3n) is 2.40. The van der Waals surface area contributed by atoms with Crippen molar-refractivity contribution in [2.24, 2.45) is 0 Å². The molecule has 44 heavy (non-hydrogen) atoms. The summed E-state index contributed by atoms with van der Waals surface area (Å²) in [7, 11) is 0. The molecule has 0 aromatic heterocycles. The van der Waals surface area contributed by atoms with E-state index in [1.165, 1.54) is 0 Å². The fourth-order valence-corrected chi connectivity index (χ4v) is 3.05. The fourth-order valence-electron chi connectivity index (χ4n) is 1.37. The molecule has 0 aliphatic heterocycles. The van der Waals surface area contributed by atoms with E-state index in [-0.39, 0.29) is 28.2 Å². The molecule has 0 aliphatic rings. The van der Waals surface area contributed by atoms with Gasteiger partial charge in [-0.3, -0.25) is 28.2 Å². The summed E-state index contributed by atoms with van der Waals surface area (Å²) in [5, 5.41) is 0. The standard InChI is InChI=1S/2C7H8O.6FH.16O.6Sb/c2*1-6-2-4-7(8)5-3-6;;;;;;;;;;;;;;;;;;;;;;;;;;;;/h2*2-5,8H,1H3;6*1H;;;;;;;;;;;;;;;;;;;;;;/q;;;;;;;;;;;;;;10*-1;;;;;2*+1/p-2. The second-order valence-corrected chi connectivity index (χ2v) is 13.9. The topological polar surface area (TPSA) is 351 Å². The molecule has 0 spiro atoms. The first-order valence-corrected chi connectivity index (χ1v) is 27.1. The number of rotatable bonds is 4. The van der Waals surface area contributed by atoms with Gasteiger partial charge in [-0.25, -0.2) is 0 Å². The zero-order chi connectivity index (χ0) is 30.8. The SMILES string of the molecule is Cc1ccc([O][Sb](=[O])[O-])cc1.Cc1ccc([O][Sb](=[O])[O-])cc1.F.F.F.F.F.F.[O]=[Sb]([O-])[O-].[O]=[Sb]([O-])[O-].[O]=[Sb]([O-])[O-].[O]=[Sb]([O-])[O-]. The van der Waals surface area contributed by atoms with Crippen LogP contribution in [-0.2, 0) is 18.1 Å².